The molecule has 1 aromatic heterocycles. The van der Waals surface area contributed by atoms with Gasteiger partial charge in [-0.1, -0.05) is 29.5 Å². The van der Waals surface area contributed by atoms with Gasteiger partial charge < -0.3 is 5.11 Å². The normalized spacial score (nSPS) is 11.1. The average molecular weight is 435 g/mol. The van der Waals surface area contributed by atoms with E-state index in [4.69, 9.17) is 16.7 Å². The highest BCUT2D eigenvalue weighted by Crippen LogP contribution is 2.30. The summed E-state index contributed by atoms with van der Waals surface area (Å²) in [7, 11) is -3.89. The number of carboxylic acids is 1. The lowest BCUT2D eigenvalue weighted by molar-refractivity contribution is -0.136. The first-order valence-electron chi connectivity index (χ1n) is 8.15. The van der Waals surface area contributed by atoms with Crippen LogP contribution in [0.3, 0.4) is 0 Å². The van der Waals surface area contributed by atoms with Crippen LogP contribution in [0.5, 0.6) is 0 Å². The third kappa shape index (κ3) is 4.62. The Morgan fingerprint density at radius 1 is 1.32 bits per heavy atom. The molecule has 0 amide bonds. The lowest BCUT2D eigenvalue weighted by Gasteiger charge is -2.11. The number of hydrogen-bond acceptors (Lipinski definition) is 5. The first-order valence-corrected chi connectivity index (χ1v) is 10.8. The van der Waals surface area contributed by atoms with Crippen molar-refractivity contribution in [3.05, 3.63) is 52.0 Å². The van der Waals surface area contributed by atoms with E-state index < -0.39 is 16.0 Å². The standard InChI is InChI=1S/C19H15ClN2O4S2/c1-12-21-16-6-4-7-17(19(16)27-12)28(25,26)22-15-10-9-14(20)11-13(15)5-2-3-8-18(23)24/h4,6-7,9-11,22H,3,8H2,1H3,(H,23,24). The molecule has 0 fully saturated rings. The first kappa shape index (κ1) is 20.1. The molecule has 1 heterocycles. The molecular weight excluding hydrogens is 420 g/mol. The number of nitrogens with zero attached hydrogens (tertiary/aromatic N) is 1. The van der Waals surface area contributed by atoms with Gasteiger partial charge in [0.05, 0.1) is 32.9 Å². The molecule has 0 atom stereocenters. The van der Waals surface area contributed by atoms with E-state index in [1.807, 2.05) is 6.92 Å². The zero-order chi connectivity index (χ0) is 20.3. The third-order valence-electron chi connectivity index (χ3n) is 3.69. The predicted octanol–water partition coefficient (Wildman–Crippen LogP) is 4.28. The van der Waals surface area contributed by atoms with Crippen LogP contribution >= 0.6 is 22.9 Å². The molecule has 9 heteroatoms. The molecule has 0 saturated carbocycles. The van der Waals surface area contributed by atoms with Crippen LogP contribution in [-0.2, 0) is 14.8 Å². The second kappa shape index (κ2) is 8.19. The molecule has 2 aromatic carbocycles. The largest absolute Gasteiger partial charge is 0.481 e. The molecule has 0 aliphatic heterocycles. The molecule has 2 N–H and O–H groups in total. The smallest absolute Gasteiger partial charge is 0.304 e. The van der Waals surface area contributed by atoms with Gasteiger partial charge in [-0.05, 0) is 37.3 Å². The number of carboxylic acid groups (broad SMARTS) is 1. The molecule has 0 aliphatic carbocycles. The number of nitrogens with one attached hydrogen (secondary N) is 1. The van der Waals surface area contributed by atoms with Gasteiger partial charge in [-0.15, -0.1) is 11.3 Å². The number of thiazole rings is 1. The quantitative estimate of drug-likeness (QED) is 0.584. The Morgan fingerprint density at radius 2 is 2.11 bits per heavy atom. The van der Waals surface area contributed by atoms with Crippen LogP contribution in [0.25, 0.3) is 10.2 Å². The van der Waals surface area contributed by atoms with Gasteiger partial charge in [0.15, 0.2) is 0 Å². The third-order valence-corrected chi connectivity index (χ3v) is 6.48. The van der Waals surface area contributed by atoms with Gasteiger partial charge in [0.25, 0.3) is 10.0 Å². The maximum atomic E-state index is 13.0. The Morgan fingerprint density at radius 3 is 2.86 bits per heavy atom. The number of fused-ring (bicyclic) bond motifs is 1. The van der Waals surface area contributed by atoms with E-state index in [2.05, 4.69) is 21.5 Å². The number of sulfonamides is 1. The number of rotatable bonds is 5. The van der Waals surface area contributed by atoms with Crippen molar-refractivity contribution in [1.82, 2.24) is 4.98 Å². The zero-order valence-corrected chi connectivity index (χ0v) is 17.1. The molecule has 6 nitrogen and oxygen atoms in total. The minimum Gasteiger partial charge on any atom is -0.481 e. The summed E-state index contributed by atoms with van der Waals surface area (Å²) in [5.41, 5.74) is 1.26. The van der Waals surface area contributed by atoms with E-state index in [9.17, 15) is 13.2 Å². The summed E-state index contributed by atoms with van der Waals surface area (Å²) in [6, 6.07) is 9.55. The number of aromatic nitrogens is 1. The number of hydrogen-bond donors (Lipinski definition) is 2. The number of anilines is 1. The average Bonchev–Trinajstić information content (AvgIpc) is 3.00. The van der Waals surface area contributed by atoms with Crippen molar-refractivity contribution in [1.29, 1.82) is 0 Å². The number of benzene rings is 2. The summed E-state index contributed by atoms with van der Waals surface area (Å²) < 4.78 is 29.1. The van der Waals surface area contributed by atoms with Gasteiger partial charge >= 0.3 is 5.97 Å². The van der Waals surface area contributed by atoms with Gasteiger partial charge in [0.1, 0.15) is 4.90 Å². The van der Waals surface area contributed by atoms with Crippen molar-refractivity contribution in [2.75, 3.05) is 4.72 Å². The molecule has 0 bridgehead atoms. The molecule has 3 aromatic rings. The summed E-state index contributed by atoms with van der Waals surface area (Å²) >= 11 is 7.31. The fourth-order valence-electron chi connectivity index (χ4n) is 2.48. The molecule has 3 rings (SSSR count). The monoisotopic (exact) mass is 434 g/mol. The summed E-state index contributed by atoms with van der Waals surface area (Å²) in [5, 5.41) is 9.86. The second-order valence-electron chi connectivity index (χ2n) is 5.83. The van der Waals surface area contributed by atoms with E-state index in [1.54, 1.807) is 18.2 Å². The van der Waals surface area contributed by atoms with Crippen LogP contribution in [0.2, 0.25) is 5.02 Å². The summed E-state index contributed by atoms with van der Waals surface area (Å²) in [5.74, 6) is 4.57. The van der Waals surface area contributed by atoms with Crippen molar-refractivity contribution in [3.8, 4) is 11.8 Å². The van der Waals surface area contributed by atoms with Gasteiger partial charge in [-0.3, -0.25) is 9.52 Å². The van der Waals surface area contributed by atoms with Crippen LogP contribution in [0.1, 0.15) is 23.4 Å². The van der Waals surface area contributed by atoms with Crippen LogP contribution < -0.4 is 4.72 Å². The number of carbonyl (C=O) groups is 1. The Balaban J connectivity index is 1.97. The summed E-state index contributed by atoms with van der Waals surface area (Å²) in [6.45, 7) is 1.82. The highest BCUT2D eigenvalue weighted by atomic mass is 35.5. The fourth-order valence-corrected chi connectivity index (χ4v) is 5.12. The van der Waals surface area contributed by atoms with Crippen molar-refractivity contribution >= 4 is 54.8 Å². The second-order valence-corrected chi connectivity index (χ2v) is 9.12. The maximum absolute atomic E-state index is 13.0. The van der Waals surface area contributed by atoms with Crippen molar-refractivity contribution in [2.24, 2.45) is 0 Å². The molecule has 0 aliphatic rings. The van der Waals surface area contributed by atoms with Crippen LogP contribution in [0.4, 0.5) is 5.69 Å². The molecule has 28 heavy (non-hydrogen) atoms. The summed E-state index contributed by atoms with van der Waals surface area (Å²) in [6.07, 6.45) is 0.0504. The summed E-state index contributed by atoms with van der Waals surface area (Å²) in [4.78, 5) is 15.1. The van der Waals surface area contributed by atoms with Gasteiger partial charge in [0, 0.05) is 11.4 Å². The lowest BCUT2D eigenvalue weighted by atomic mass is 10.2. The first-order chi connectivity index (χ1) is 13.3. The van der Waals surface area contributed by atoms with Crippen LogP contribution in [-0.4, -0.2) is 24.5 Å². The van der Waals surface area contributed by atoms with Crippen LogP contribution in [0, 0.1) is 18.8 Å². The van der Waals surface area contributed by atoms with Gasteiger partial charge in [0.2, 0.25) is 0 Å². The van der Waals surface area contributed by atoms with Crippen molar-refractivity contribution < 1.29 is 18.3 Å². The zero-order valence-electron chi connectivity index (χ0n) is 14.7. The van der Waals surface area contributed by atoms with E-state index in [0.29, 0.717) is 20.8 Å². The molecule has 144 valence electrons. The molecule has 0 saturated heterocycles. The minimum absolute atomic E-state index is 0.0959. The van der Waals surface area contributed by atoms with E-state index in [-0.39, 0.29) is 23.4 Å². The van der Waals surface area contributed by atoms with Crippen molar-refractivity contribution in [2.45, 2.75) is 24.7 Å². The SMILES string of the molecule is Cc1nc2cccc(S(=O)(=O)Nc3ccc(Cl)cc3C#CCCC(=O)O)c2s1. The van der Waals surface area contributed by atoms with E-state index in [1.165, 1.54) is 29.5 Å². The van der Waals surface area contributed by atoms with Crippen LogP contribution in [0.15, 0.2) is 41.3 Å². The Hall–Kier alpha value is -2.60. The molecular formula is C19H15ClN2O4S2. The Labute approximate surface area is 171 Å². The van der Waals surface area contributed by atoms with E-state index >= 15 is 0 Å². The topological polar surface area (TPSA) is 96.4 Å². The predicted molar refractivity (Wildman–Crippen MR) is 110 cm³/mol. The molecule has 0 radical (unpaired) electrons. The number of aryl methyl sites for hydroxylation is 1. The fraction of sp³-hybridized carbons (Fsp3) is 0.158. The Bertz CT molecular complexity index is 1220. The highest BCUT2D eigenvalue weighted by molar-refractivity contribution is 7.93. The molecule has 0 unspecified atom stereocenters. The van der Waals surface area contributed by atoms with Gasteiger partial charge in [-0.25, -0.2) is 13.4 Å². The lowest BCUT2D eigenvalue weighted by Crippen LogP contribution is -2.14. The number of aliphatic carboxylic acids is 1. The van der Waals surface area contributed by atoms with Gasteiger partial charge in [-0.2, -0.15) is 0 Å². The Kier molecular flexibility index (Phi) is 5.89. The molecule has 0 spiro atoms. The minimum atomic E-state index is -3.89. The van der Waals surface area contributed by atoms with Crippen molar-refractivity contribution in [3.63, 3.8) is 0 Å². The van der Waals surface area contributed by atoms with E-state index in [0.717, 1.165) is 5.01 Å². The maximum Gasteiger partial charge on any atom is 0.304 e. The number of halogens is 1. The highest BCUT2D eigenvalue weighted by Gasteiger charge is 2.20.